The SMILES string of the molecule is CCCC[S+]1C2=C(CC(C)(C)CC2=O)Nc2ccccc21. The number of fused-ring (bicyclic) bond motifs is 1. The number of hydrogen-bond donors (Lipinski definition) is 1. The normalized spacial score (nSPS) is 23.4. The first-order valence-electron chi connectivity index (χ1n) is 7.85. The Morgan fingerprint density at radius 2 is 2.00 bits per heavy atom. The molecule has 3 rings (SSSR count). The van der Waals surface area contributed by atoms with Gasteiger partial charge in [0.05, 0.1) is 22.3 Å². The molecule has 1 aromatic carbocycles. The molecule has 0 fully saturated rings. The third-order valence-corrected chi connectivity index (χ3v) is 6.76. The van der Waals surface area contributed by atoms with Crippen molar-refractivity contribution in [3.8, 4) is 0 Å². The van der Waals surface area contributed by atoms with Gasteiger partial charge in [-0.25, -0.2) is 0 Å². The number of anilines is 1. The predicted octanol–water partition coefficient (Wildman–Crippen LogP) is 4.49. The highest BCUT2D eigenvalue weighted by Gasteiger charge is 2.46. The van der Waals surface area contributed by atoms with Crippen LogP contribution in [0.4, 0.5) is 5.69 Å². The van der Waals surface area contributed by atoms with Gasteiger partial charge in [-0.2, -0.15) is 0 Å². The van der Waals surface area contributed by atoms with Gasteiger partial charge < -0.3 is 5.32 Å². The highest BCUT2D eigenvalue weighted by atomic mass is 32.2. The van der Waals surface area contributed by atoms with Crippen molar-refractivity contribution in [1.82, 2.24) is 0 Å². The molecule has 0 aromatic heterocycles. The topological polar surface area (TPSA) is 29.1 Å². The highest BCUT2D eigenvalue weighted by Crippen LogP contribution is 2.45. The van der Waals surface area contributed by atoms with Crippen LogP contribution in [0.25, 0.3) is 0 Å². The lowest BCUT2D eigenvalue weighted by molar-refractivity contribution is -0.117. The number of Topliss-reactive ketones (excluding diaryl/α,β-unsaturated/α-hetero) is 1. The third kappa shape index (κ3) is 2.76. The molecule has 0 amide bonds. The average molecular weight is 302 g/mol. The molecule has 2 aliphatic rings. The Morgan fingerprint density at radius 3 is 2.76 bits per heavy atom. The number of para-hydroxylation sites is 1. The van der Waals surface area contributed by atoms with Gasteiger partial charge in [0.1, 0.15) is 5.75 Å². The Labute approximate surface area is 130 Å². The second-order valence-electron chi connectivity index (χ2n) is 6.82. The van der Waals surface area contributed by atoms with E-state index in [9.17, 15) is 4.79 Å². The summed E-state index contributed by atoms with van der Waals surface area (Å²) in [4.78, 5) is 15.2. The van der Waals surface area contributed by atoms with Gasteiger partial charge in [0.2, 0.25) is 10.7 Å². The molecule has 3 heteroatoms. The molecule has 0 bridgehead atoms. The summed E-state index contributed by atoms with van der Waals surface area (Å²) >= 11 is 0. The summed E-state index contributed by atoms with van der Waals surface area (Å²) in [6.07, 6.45) is 4.04. The van der Waals surface area contributed by atoms with Crippen LogP contribution >= 0.6 is 0 Å². The van der Waals surface area contributed by atoms with Gasteiger partial charge in [-0.1, -0.05) is 39.3 Å². The van der Waals surface area contributed by atoms with Crippen molar-refractivity contribution in [2.45, 2.75) is 51.3 Å². The second kappa shape index (κ2) is 5.53. The number of rotatable bonds is 3. The van der Waals surface area contributed by atoms with Crippen LogP contribution in [0, 0.1) is 5.41 Å². The summed E-state index contributed by atoms with van der Waals surface area (Å²) in [6.45, 7) is 6.61. The number of benzene rings is 1. The fourth-order valence-corrected chi connectivity index (χ4v) is 5.87. The van der Waals surface area contributed by atoms with Crippen LogP contribution in [0.2, 0.25) is 0 Å². The van der Waals surface area contributed by atoms with Gasteiger partial charge in [0.15, 0.2) is 4.90 Å². The van der Waals surface area contributed by atoms with Gasteiger partial charge in [-0.3, -0.25) is 4.79 Å². The zero-order valence-corrected chi connectivity index (χ0v) is 14.0. The maximum Gasteiger partial charge on any atom is 0.222 e. The van der Waals surface area contributed by atoms with Crippen molar-refractivity contribution in [2.24, 2.45) is 5.41 Å². The van der Waals surface area contributed by atoms with Gasteiger partial charge in [-0.15, -0.1) is 0 Å². The Bertz CT molecular complexity index is 603. The zero-order chi connectivity index (χ0) is 15.0. The molecule has 1 atom stereocenters. The summed E-state index contributed by atoms with van der Waals surface area (Å²) in [6, 6.07) is 8.51. The van der Waals surface area contributed by atoms with Crippen LogP contribution in [-0.4, -0.2) is 11.5 Å². The number of nitrogens with one attached hydrogen (secondary N) is 1. The van der Waals surface area contributed by atoms with Gasteiger partial charge in [0.25, 0.3) is 0 Å². The van der Waals surface area contributed by atoms with E-state index in [1.165, 1.54) is 29.1 Å². The zero-order valence-electron chi connectivity index (χ0n) is 13.2. The van der Waals surface area contributed by atoms with E-state index in [2.05, 4.69) is 50.4 Å². The maximum absolute atomic E-state index is 12.7. The number of unbranched alkanes of at least 4 members (excludes halogenated alkanes) is 1. The van der Waals surface area contributed by atoms with Crippen LogP contribution in [-0.2, 0) is 15.7 Å². The number of ketones is 1. The number of carbonyl (C=O) groups excluding carboxylic acids is 1. The van der Waals surface area contributed by atoms with Crippen LogP contribution in [0.5, 0.6) is 0 Å². The van der Waals surface area contributed by atoms with Crippen molar-refractivity contribution in [3.05, 3.63) is 34.9 Å². The first kappa shape index (κ1) is 14.7. The number of hydrogen-bond acceptors (Lipinski definition) is 2. The summed E-state index contributed by atoms with van der Waals surface area (Å²) in [7, 11) is -0.0317. The van der Waals surface area contributed by atoms with Crippen molar-refractivity contribution < 1.29 is 4.79 Å². The first-order chi connectivity index (χ1) is 10.0. The molecule has 0 radical (unpaired) electrons. The third-order valence-electron chi connectivity index (χ3n) is 4.21. The lowest BCUT2D eigenvalue weighted by atomic mass is 9.78. The quantitative estimate of drug-likeness (QED) is 0.834. The lowest BCUT2D eigenvalue weighted by Gasteiger charge is -2.34. The monoisotopic (exact) mass is 302 g/mol. The molecule has 21 heavy (non-hydrogen) atoms. The van der Waals surface area contributed by atoms with E-state index >= 15 is 0 Å². The Balaban J connectivity index is 2.05. The number of carbonyl (C=O) groups is 1. The number of allylic oxidation sites excluding steroid dienone is 2. The Morgan fingerprint density at radius 1 is 1.24 bits per heavy atom. The smallest absolute Gasteiger partial charge is 0.222 e. The minimum atomic E-state index is -0.0317. The molecule has 1 unspecified atom stereocenters. The fourth-order valence-electron chi connectivity index (χ4n) is 3.25. The van der Waals surface area contributed by atoms with Crippen LogP contribution in [0.15, 0.2) is 39.8 Å². The van der Waals surface area contributed by atoms with Gasteiger partial charge >= 0.3 is 0 Å². The van der Waals surface area contributed by atoms with E-state index in [1.54, 1.807) is 0 Å². The van der Waals surface area contributed by atoms with Crippen LogP contribution < -0.4 is 5.32 Å². The predicted molar refractivity (Wildman–Crippen MR) is 90.5 cm³/mol. The lowest BCUT2D eigenvalue weighted by Crippen LogP contribution is -2.35. The van der Waals surface area contributed by atoms with E-state index in [4.69, 9.17) is 0 Å². The van der Waals surface area contributed by atoms with Crippen LogP contribution in [0.3, 0.4) is 0 Å². The minimum absolute atomic E-state index is 0.0317. The molecular formula is C18H24NOS+. The molecule has 1 N–H and O–H groups in total. The Hall–Kier alpha value is -1.22. The van der Waals surface area contributed by atoms with E-state index in [1.807, 2.05) is 0 Å². The van der Waals surface area contributed by atoms with Crippen molar-refractivity contribution in [3.63, 3.8) is 0 Å². The molecular weight excluding hydrogens is 278 g/mol. The average Bonchev–Trinajstić information content (AvgIpc) is 2.42. The van der Waals surface area contributed by atoms with Crippen LogP contribution in [0.1, 0.15) is 46.5 Å². The molecule has 1 aromatic rings. The van der Waals surface area contributed by atoms with Crippen molar-refractivity contribution in [2.75, 3.05) is 11.1 Å². The van der Waals surface area contributed by atoms with Crippen molar-refractivity contribution >= 4 is 22.4 Å². The van der Waals surface area contributed by atoms with Gasteiger partial charge in [-0.05, 0) is 30.4 Å². The minimum Gasteiger partial charge on any atom is -0.351 e. The van der Waals surface area contributed by atoms with E-state index in [-0.39, 0.29) is 16.3 Å². The standard InChI is InChI=1S/C18H23NOS/c1-4-5-10-21-16-9-7-6-8-13(16)19-14-11-18(2,3)12-15(20)17(14)21/h6-9H,4-5,10-12H2,1-3H3/p+1. The van der Waals surface area contributed by atoms with E-state index < -0.39 is 0 Å². The molecule has 1 aliphatic carbocycles. The fraction of sp³-hybridized carbons (Fsp3) is 0.500. The summed E-state index contributed by atoms with van der Waals surface area (Å²) in [5, 5.41) is 3.56. The molecule has 1 aliphatic heterocycles. The van der Waals surface area contributed by atoms with Gasteiger partial charge in [0, 0.05) is 6.42 Å². The Kier molecular flexibility index (Phi) is 3.87. The molecule has 1 heterocycles. The van der Waals surface area contributed by atoms with E-state index in [0.717, 1.165) is 17.1 Å². The molecule has 0 saturated heterocycles. The first-order valence-corrected chi connectivity index (χ1v) is 9.24. The summed E-state index contributed by atoms with van der Waals surface area (Å²) < 4.78 is 0. The van der Waals surface area contributed by atoms with E-state index in [0.29, 0.717) is 12.2 Å². The summed E-state index contributed by atoms with van der Waals surface area (Å²) in [5.41, 5.74) is 2.48. The molecule has 112 valence electrons. The molecule has 0 spiro atoms. The largest absolute Gasteiger partial charge is 0.351 e. The maximum atomic E-state index is 12.7. The molecule has 0 saturated carbocycles. The van der Waals surface area contributed by atoms with Crippen molar-refractivity contribution in [1.29, 1.82) is 0 Å². The molecule has 2 nitrogen and oxygen atoms in total. The summed E-state index contributed by atoms with van der Waals surface area (Å²) in [5.74, 6) is 1.47. The second-order valence-corrected chi connectivity index (χ2v) is 8.86. The highest BCUT2D eigenvalue weighted by molar-refractivity contribution is 8.01.